The second kappa shape index (κ2) is 23.2. The first-order valence-electron chi connectivity index (χ1n) is 10.6. The van der Waals surface area contributed by atoms with Gasteiger partial charge in [-0.2, -0.15) is 0 Å². The zero-order valence-electron chi connectivity index (χ0n) is 16.3. The van der Waals surface area contributed by atoms with Crippen molar-refractivity contribution in [3.63, 3.8) is 0 Å². The molecule has 0 radical (unpaired) electrons. The van der Waals surface area contributed by atoms with Gasteiger partial charge in [-0.05, 0) is 50.7 Å². The van der Waals surface area contributed by atoms with E-state index in [-0.39, 0.29) is 0 Å². The van der Waals surface area contributed by atoms with Crippen molar-refractivity contribution in [1.82, 2.24) is 0 Å². The van der Waals surface area contributed by atoms with E-state index in [4.69, 9.17) is 14.9 Å². The molecule has 0 rings (SSSR count). The van der Waals surface area contributed by atoms with Gasteiger partial charge in [0.15, 0.2) is 0 Å². The first kappa shape index (κ1) is 24.2. The monoisotopic (exact) mass is 354 g/mol. The van der Waals surface area contributed by atoms with Gasteiger partial charge in [0.25, 0.3) is 0 Å². The van der Waals surface area contributed by atoms with E-state index in [1.54, 1.807) is 12.5 Å². The minimum atomic E-state index is 0.339. The van der Waals surface area contributed by atoms with Crippen LogP contribution < -0.4 is 0 Å². The molecule has 0 atom stereocenters. The van der Waals surface area contributed by atoms with Crippen molar-refractivity contribution in [2.24, 2.45) is 0 Å². The van der Waals surface area contributed by atoms with Crippen LogP contribution in [0.1, 0.15) is 103 Å². The van der Waals surface area contributed by atoms with Crippen LogP contribution in [-0.4, -0.2) is 23.4 Å². The molecular weight excluding hydrogens is 312 g/mol. The van der Waals surface area contributed by atoms with Gasteiger partial charge in [-0.25, -0.2) is 0 Å². The SMILES string of the molecule is OCCCCCCCCCC=COC=CCCCCCCCCCO. The van der Waals surface area contributed by atoms with Gasteiger partial charge in [0.2, 0.25) is 0 Å². The molecule has 0 amide bonds. The Morgan fingerprint density at radius 3 is 1.12 bits per heavy atom. The van der Waals surface area contributed by atoms with Crippen molar-refractivity contribution in [3.05, 3.63) is 24.7 Å². The molecule has 0 spiro atoms. The van der Waals surface area contributed by atoms with Gasteiger partial charge >= 0.3 is 0 Å². The molecule has 0 aliphatic rings. The summed E-state index contributed by atoms with van der Waals surface area (Å²) in [5.41, 5.74) is 0. The summed E-state index contributed by atoms with van der Waals surface area (Å²) in [7, 11) is 0. The van der Waals surface area contributed by atoms with E-state index in [1.165, 1.54) is 77.0 Å². The van der Waals surface area contributed by atoms with Crippen molar-refractivity contribution in [3.8, 4) is 0 Å². The van der Waals surface area contributed by atoms with E-state index in [2.05, 4.69) is 12.2 Å². The normalized spacial score (nSPS) is 11.8. The Morgan fingerprint density at radius 2 is 0.760 bits per heavy atom. The molecule has 0 fully saturated rings. The lowest BCUT2D eigenvalue weighted by Crippen LogP contribution is -1.84. The number of aliphatic hydroxyl groups excluding tert-OH is 2. The predicted molar refractivity (Wildman–Crippen MR) is 107 cm³/mol. The zero-order valence-corrected chi connectivity index (χ0v) is 16.3. The Labute approximate surface area is 156 Å². The van der Waals surface area contributed by atoms with E-state index in [0.29, 0.717) is 13.2 Å². The molecule has 0 aliphatic heterocycles. The second-order valence-corrected chi connectivity index (χ2v) is 6.85. The van der Waals surface area contributed by atoms with Gasteiger partial charge in [0, 0.05) is 13.2 Å². The maximum Gasteiger partial charge on any atom is 0.0861 e. The molecule has 25 heavy (non-hydrogen) atoms. The van der Waals surface area contributed by atoms with Crippen LogP contribution >= 0.6 is 0 Å². The molecule has 0 aromatic heterocycles. The Balaban J connectivity index is 3.14. The summed E-state index contributed by atoms with van der Waals surface area (Å²) in [5.74, 6) is 0. The van der Waals surface area contributed by atoms with Crippen molar-refractivity contribution < 1.29 is 14.9 Å². The highest BCUT2D eigenvalue weighted by Gasteiger charge is 1.91. The third-order valence-electron chi connectivity index (χ3n) is 4.41. The van der Waals surface area contributed by atoms with Crippen molar-refractivity contribution >= 4 is 0 Å². The molecule has 3 nitrogen and oxygen atoms in total. The Hall–Kier alpha value is -0.800. The minimum absolute atomic E-state index is 0.339. The van der Waals surface area contributed by atoms with Gasteiger partial charge in [0.05, 0.1) is 12.5 Å². The Bertz CT molecular complexity index is 259. The number of hydrogen-bond donors (Lipinski definition) is 2. The quantitative estimate of drug-likeness (QED) is 0.200. The van der Waals surface area contributed by atoms with Crippen LogP contribution in [0.15, 0.2) is 24.7 Å². The van der Waals surface area contributed by atoms with Crippen molar-refractivity contribution in [2.45, 2.75) is 103 Å². The summed E-state index contributed by atoms with van der Waals surface area (Å²) >= 11 is 0. The summed E-state index contributed by atoms with van der Waals surface area (Å²) in [6.07, 6.45) is 27.1. The molecule has 0 unspecified atom stereocenters. The predicted octanol–water partition coefficient (Wildman–Crippen LogP) is 6.26. The van der Waals surface area contributed by atoms with Crippen LogP contribution in [0.3, 0.4) is 0 Å². The molecule has 148 valence electrons. The first-order chi connectivity index (χ1) is 12.4. The molecular formula is C22H42O3. The van der Waals surface area contributed by atoms with E-state index in [0.717, 1.165) is 25.7 Å². The lowest BCUT2D eigenvalue weighted by molar-refractivity contribution is 0.282. The van der Waals surface area contributed by atoms with E-state index in [1.807, 2.05) is 0 Å². The highest BCUT2D eigenvalue weighted by Crippen LogP contribution is 2.09. The highest BCUT2D eigenvalue weighted by molar-refractivity contribution is 4.79. The average molecular weight is 355 g/mol. The van der Waals surface area contributed by atoms with Gasteiger partial charge in [-0.15, -0.1) is 0 Å². The molecule has 2 N–H and O–H groups in total. The number of ether oxygens (including phenoxy) is 1. The van der Waals surface area contributed by atoms with Crippen molar-refractivity contribution in [1.29, 1.82) is 0 Å². The summed E-state index contributed by atoms with van der Waals surface area (Å²) in [4.78, 5) is 0. The fraction of sp³-hybridized carbons (Fsp3) is 0.818. The summed E-state index contributed by atoms with van der Waals surface area (Å²) in [6.45, 7) is 0.677. The van der Waals surface area contributed by atoms with Gasteiger partial charge in [-0.1, -0.05) is 64.2 Å². The molecule has 0 aliphatic carbocycles. The van der Waals surface area contributed by atoms with E-state index in [9.17, 15) is 0 Å². The molecule has 0 aromatic rings. The molecule has 0 bridgehead atoms. The molecule has 3 heteroatoms. The maximum atomic E-state index is 8.69. The summed E-state index contributed by atoms with van der Waals surface area (Å²) in [5, 5.41) is 17.4. The van der Waals surface area contributed by atoms with E-state index < -0.39 is 0 Å². The van der Waals surface area contributed by atoms with Gasteiger partial charge in [-0.3, -0.25) is 0 Å². The van der Waals surface area contributed by atoms with Crippen LogP contribution in [0.5, 0.6) is 0 Å². The fourth-order valence-corrected chi connectivity index (χ4v) is 2.81. The topological polar surface area (TPSA) is 49.7 Å². The van der Waals surface area contributed by atoms with Crippen LogP contribution in [0.25, 0.3) is 0 Å². The van der Waals surface area contributed by atoms with Gasteiger partial charge in [0.1, 0.15) is 0 Å². The third kappa shape index (κ3) is 23.2. The number of aliphatic hydroxyl groups is 2. The van der Waals surface area contributed by atoms with E-state index >= 15 is 0 Å². The fourth-order valence-electron chi connectivity index (χ4n) is 2.81. The van der Waals surface area contributed by atoms with Crippen LogP contribution in [0.2, 0.25) is 0 Å². The minimum Gasteiger partial charge on any atom is -0.473 e. The Morgan fingerprint density at radius 1 is 0.440 bits per heavy atom. The van der Waals surface area contributed by atoms with Crippen LogP contribution in [0, 0.1) is 0 Å². The van der Waals surface area contributed by atoms with Crippen molar-refractivity contribution in [2.75, 3.05) is 13.2 Å². The molecule has 0 heterocycles. The first-order valence-corrected chi connectivity index (χ1v) is 10.6. The summed E-state index contributed by atoms with van der Waals surface area (Å²) < 4.78 is 5.37. The maximum absolute atomic E-state index is 8.69. The highest BCUT2D eigenvalue weighted by atomic mass is 16.5. The number of rotatable bonds is 20. The number of hydrogen-bond acceptors (Lipinski definition) is 3. The lowest BCUT2D eigenvalue weighted by atomic mass is 10.1. The molecule has 0 saturated heterocycles. The zero-order chi connectivity index (χ0) is 18.3. The Kier molecular flexibility index (Phi) is 22.5. The standard InChI is InChI=1S/C22H42O3/c23-19-15-11-7-3-1-5-9-13-17-21-25-22-18-14-10-6-2-4-8-12-16-20-24/h17-18,21-24H,1-16,19-20H2. The largest absolute Gasteiger partial charge is 0.473 e. The van der Waals surface area contributed by atoms with Gasteiger partial charge < -0.3 is 14.9 Å². The molecule has 0 aromatic carbocycles. The lowest BCUT2D eigenvalue weighted by Gasteiger charge is -2.00. The number of unbranched alkanes of at least 4 members (excludes halogenated alkanes) is 14. The van der Waals surface area contributed by atoms with Crippen LogP contribution in [0.4, 0.5) is 0 Å². The smallest absolute Gasteiger partial charge is 0.0861 e. The third-order valence-corrected chi connectivity index (χ3v) is 4.41. The second-order valence-electron chi connectivity index (χ2n) is 6.85. The average Bonchev–Trinajstić information content (AvgIpc) is 2.63. The summed E-state index contributed by atoms with van der Waals surface area (Å²) in [6, 6.07) is 0. The molecule has 0 saturated carbocycles. The van der Waals surface area contributed by atoms with Crippen LogP contribution in [-0.2, 0) is 4.74 Å². The number of allylic oxidation sites excluding steroid dienone is 2.